The quantitative estimate of drug-likeness (QED) is 0.838. The molecule has 0 saturated carbocycles. The number of nitrogens with zero attached hydrogens (tertiary/aromatic N) is 1. The van der Waals surface area contributed by atoms with Crippen LogP contribution in [0.15, 0.2) is 32.7 Å². The lowest BCUT2D eigenvalue weighted by atomic mass is 10.1. The van der Waals surface area contributed by atoms with E-state index in [0.29, 0.717) is 17.7 Å². The first-order chi connectivity index (χ1) is 7.10. The van der Waals surface area contributed by atoms with Gasteiger partial charge in [0.1, 0.15) is 0 Å². The maximum absolute atomic E-state index is 8.89. The molecule has 4 heteroatoms. The van der Waals surface area contributed by atoms with Gasteiger partial charge in [0.2, 0.25) is 0 Å². The minimum absolute atomic E-state index is 0.541. The van der Waals surface area contributed by atoms with Crippen LogP contribution in [-0.4, -0.2) is 0 Å². The van der Waals surface area contributed by atoms with E-state index < -0.39 is 0 Å². The van der Waals surface area contributed by atoms with E-state index in [9.17, 15) is 0 Å². The van der Waals surface area contributed by atoms with E-state index in [1.807, 2.05) is 25.1 Å². The van der Waals surface area contributed by atoms with Gasteiger partial charge in [-0.3, -0.25) is 0 Å². The molecule has 0 spiro atoms. The monoisotopic (exact) mass is 328 g/mol. The number of hydrogen-bond donors (Lipinski definition) is 1. The molecule has 0 saturated heterocycles. The molecule has 78 valence electrons. The van der Waals surface area contributed by atoms with E-state index in [2.05, 4.69) is 37.9 Å². The summed E-state index contributed by atoms with van der Waals surface area (Å²) in [5, 5.41) is 8.89. The first-order valence-electron chi connectivity index (χ1n) is 4.44. The van der Waals surface area contributed by atoms with E-state index in [1.165, 1.54) is 0 Å². The smallest absolute Gasteiger partial charge is 0.0968 e. The van der Waals surface area contributed by atoms with Crippen LogP contribution in [0.5, 0.6) is 0 Å². The number of benzene rings is 1. The van der Waals surface area contributed by atoms with Crippen LogP contribution in [0.2, 0.25) is 0 Å². The van der Waals surface area contributed by atoms with E-state index in [1.54, 1.807) is 0 Å². The number of nitriles is 1. The van der Waals surface area contributed by atoms with Gasteiger partial charge in [0, 0.05) is 14.5 Å². The predicted molar refractivity (Wildman–Crippen MR) is 68.9 cm³/mol. The van der Waals surface area contributed by atoms with Crippen molar-refractivity contribution in [1.82, 2.24) is 0 Å². The molecule has 0 radical (unpaired) electrons. The summed E-state index contributed by atoms with van der Waals surface area (Å²) < 4.78 is 1.86. The Bertz CT molecular complexity index is 444. The SMILES string of the molecule is CC/C(C#N)=C(/N)c1ccc(Br)cc1Br. The van der Waals surface area contributed by atoms with E-state index in [4.69, 9.17) is 11.0 Å². The fourth-order valence-electron chi connectivity index (χ4n) is 1.20. The number of rotatable bonds is 2. The summed E-state index contributed by atoms with van der Waals surface area (Å²) in [5.74, 6) is 0. The lowest BCUT2D eigenvalue weighted by Crippen LogP contribution is -2.01. The molecule has 0 amide bonds. The zero-order chi connectivity index (χ0) is 11.4. The molecule has 1 rings (SSSR count). The second-order valence-electron chi connectivity index (χ2n) is 2.98. The van der Waals surface area contributed by atoms with Crippen molar-refractivity contribution in [2.24, 2.45) is 5.73 Å². The topological polar surface area (TPSA) is 49.8 Å². The molecule has 2 nitrogen and oxygen atoms in total. The largest absolute Gasteiger partial charge is 0.397 e. The van der Waals surface area contributed by atoms with Gasteiger partial charge < -0.3 is 5.73 Å². The highest BCUT2D eigenvalue weighted by atomic mass is 79.9. The maximum atomic E-state index is 8.89. The fourth-order valence-corrected chi connectivity index (χ4v) is 2.46. The summed E-state index contributed by atoms with van der Waals surface area (Å²) in [4.78, 5) is 0. The lowest BCUT2D eigenvalue weighted by Gasteiger charge is -2.07. The van der Waals surface area contributed by atoms with Crippen molar-refractivity contribution in [3.63, 3.8) is 0 Å². The third kappa shape index (κ3) is 2.83. The van der Waals surface area contributed by atoms with Gasteiger partial charge in [0.25, 0.3) is 0 Å². The Hall–Kier alpha value is -0.790. The average molecular weight is 330 g/mol. The van der Waals surface area contributed by atoms with Gasteiger partial charge in [-0.2, -0.15) is 5.26 Å². The van der Waals surface area contributed by atoms with Crippen LogP contribution in [0.4, 0.5) is 0 Å². The number of hydrogen-bond acceptors (Lipinski definition) is 2. The van der Waals surface area contributed by atoms with Crippen molar-refractivity contribution in [3.8, 4) is 6.07 Å². The molecule has 0 aromatic heterocycles. The Balaban J connectivity index is 3.29. The van der Waals surface area contributed by atoms with E-state index in [0.717, 1.165) is 14.5 Å². The molecule has 0 atom stereocenters. The van der Waals surface area contributed by atoms with Gasteiger partial charge in [-0.15, -0.1) is 0 Å². The van der Waals surface area contributed by atoms with Crippen LogP contribution in [0.3, 0.4) is 0 Å². The van der Waals surface area contributed by atoms with Crippen molar-refractivity contribution in [1.29, 1.82) is 5.26 Å². The van der Waals surface area contributed by atoms with Crippen molar-refractivity contribution in [3.05, 3.63) is 38.3 Å². The van der Waals surface area contributed by atoms with Crippen molar-refractivity contribution in [2.45, 2.75) is 13.3 Å². The number of halogens is 2. The van der Waals surface area contributed by atoms with Crippen LogP contribution < -0.4 is 5.73 Å². The Morgan fingerprint density at radius 1 is 1.47 bits per heavy atom. The van der Waals surface area contributed by atoms with Crippen LogP contribution in [0.25, 0.3) is 5.70 Å². The molecule has 0 aliphatic rings. The third-order valence-corrected chi connectivity index (χ3v) is 3.18. The molecule has 1 aromatic rings. The van der Waals surface area contributed by atoms with Crippen LogP contribution in [0.1, 0.15) is 18.9 Å². The third-order valence-electron chi connectivity index (χ3n) is 2.03. The highest BCUT2D eigenvalue weighted by Gasteiger charge is 2.07. The second kappa shape index (κ2) is 5.34. The molecule has 0 bridgehead atoms. The van der Waals surface area contributed by atoms with Crippen molar-refractivity contribution >= 4 is 37.6 Å². The molecule has 0 heterocycles. The summed E-state index contributed by atoms with van der Waals surface area (Å²) in [5.41, 5.74) is 7.93. The summed E-state index contributed by atoms with van der Waals surface area (Å²) in [6.45, 7) is 1.91. The van der Waals surface area contributed by atoms with Crippen LogP contribution in [0, 0.1) is 11.3 Å². The van der Waals surface area contributed by atoms with Crippen molar-refractivity contribution < 1.29 is 0 Å². The Morgan fingerprint density at radius 2 is 2.13 bits per heavy atom. The molecule has 0 aliphatic carbocycles. The minimum Gasteiger partial charge on any atom is -0.397 e. The molecule has 0 unspecified atom stereocenters. The first-order valence-corrected chi connectivity index (χ1v) is 6.02. The van der Waals surface area contributed by atoms with E-state index in [-0.39, 0.29) is 0 Å². The molecule has 15 heavy (non-hydrogen) atoms. The summed E-state index contributed by atoms with van der Waals surface area (Å²) in [7, 11) is 0. The highest BCUT2D eigenvalue weighted by Crippen LogP contribution is 2.27. The summed E-state index contributed by atoms with van der Waals surface area (Å²) >= 11 is 6.79. The summed E-state index contributed by atoms with van der Waals surface area (Å²) in [6.07, 6.45) is 0.644. The summed E-state index contributed by atoms with van der Waals surface area (Å²) in [6, 6.07) is 7.81. The van der Waals surface area contributed by atoms with Gasteiger partial charge >= 0.3 is 0 Å². The maximum Gasteiger partial charge on any atom is 0.0968 e. The predicted octanol–water partition coefficient (Wildman–Crippen LogP) is 3.81. The second-order valence-corrected chi connectivity index (χ2v) is 4.75. The van der Waals surface area contributed by atoms with Gasteiger partial charge in [-0.05, 0) is 18.6 Å². The minimum atomic E-state index is 0.541. The standard InChI is InChI=1S/C11H10Br2N2/c1-2-7(6-14)11(15)9-4-3-8(12)5-10(9)13/h3-5H,2,15H2,1H3/b11-7-. The highest BCUT2D eigenvalue weighted by molar-refractivity contribution is 9.11. The fraction of sp³-hybridized carbons (Fsp3) is 0.182. The van der Waals surface area contributed by atoms with E-state index >= 15 is 0 Å². The van der Waals surface area contributed by atoms with Gasteiger partial charge in [0.15, 0.2) is 0 Å². The average Bonchev–Trinajstić information content (AvgIpc) is 2.19. The molecule has 1 aromatic carbocycles. The first kappa shape index (κ1) is 12.3. The molecule has 0 aliphatic heterocycles. The Morgan fingerprint density at radius 3 is 2.60 bits per heavy atom. The van der Waals surface area contributed by atoms with Gasteiger partial charge in [0.05, 0.1) is 17.3 Å². The van der Waals surface area contributed by atoms with Crippen LogP contribution in [-0.2, 0) is 0 Å². The molecular weight excluding hydrogens is 320 g/mol. The zero-order valence-electron chi connectivity index (χ0n) is 8.22. The zero-order valence-corrected chi connectivity index (χ0v) is 11.4. The normalized spacial score (nSPS) is 11.9. The lowest BCUT2D eigenvalue weighted by molar-refractivity contribution is 1.14. The van der Waals surface area contributed by atoms with Gasteiger partial charge in [-0.1, -0.05) is 44.8 Å². The van der Waals surface area contributed by atoms with Crippen molar-refractivity contribution in [2.75, 3.05) is 0 Å². The number of allylic oxidation sites excluding steroid dienone is 1. The molecule has 2 N–H and O–H groups in total. The van der Waals surface area contributed by atoms with Crippen LogP contribution >= 0.6 is 31.9 Å². The Labute approximate surface area is 106 Å². The number of nitrogens with two attached hydrogens (primary N) is 1. The Kier molecular flexibility index (Phi) is 4.37. The molecule has 0 fully saturated rings. The van der Waals surface area contributed by atoms with Gasteiger partial charge in [-0.25, -0.2) is 0 Å². The molecular formula is C11H10Br2N2.